The third-order valence-corrected chi connectivity index (χ3v) is 3.04. The van der Waals surface area contributed by atoms with E-state index >= 15 is 0 Å². The van der Waals surface area contributed by atoms with Gasteiger partial charge in [-0.25, -0.2) is 9.78 Å². The summed E-state index contributed by atoms with van der Waals surface area (Å²) >= 11 is 0. The molecule has 0 bridgehead atoms. The zero-order valence-corrected chi connectivity index (χ0v) is 12.0. The van der Waals surface area contributed by atoms with E-state index < -0.39 is 5.97 Å². The fraction of sp³-hybridized carbons (Fsp3) is 0.375. The molecular formula is C16H19NO3. The lowest BCUT2D eigenvalue weighted by Gasteiger charge is -2.17. The molecule has 1 N–H and O–H groups in total. The molecule has 0 radical (unpaired) electrons. The zero-order valence-electron chi connectivity index (χ0n) is 12.0. The second-order valence-corrected chi connectivity index (χ2v) is 5.99. The highest BCUT2D eigenvalue weighted by atomic mass is 16.5. The molecular weight excluding hydrogens is 254 g/mol. The van der Waals surface area contributed by atoms with Crippen LogP contribution in [-0.4, -0.2) is 22.7 Å². The third kappa shape index (κ3) is 3.47. The first-order valence-corrected chi connectivity index (χ1v) is 6.63. The number of carboxylic acid groups (broad SMARTS) is 1. The van der Waals surface area contributed by atoms with Crippen molar-refractivity contribution in [3.63, 3.8) is 0 Å². The van der Waals surface area contributed by atoms with Gasteiger partial charge in [-0.1, -0.05) is 26.8 Å². The molecule has 1 heterocycles. The van der Waals surface area contributed by atoms with Crippen molar-refractivity contribution in [1.82, 2.24) is 4.98 Å². The number of aromatic carboxylic acids is 1. The Kier molecular flexibility index (Phi) is 3.93. The predicted octanol–water partition coefficient (Wildman–Crippen LogP) is 3.75. The molecule has 2 aromatic rings. The molecule has 4 nitrogen and oxygen atoms in total. The summed E-state index contributed by atoms with van der Waals surface area (Å²) in [6.07, 6.45) is 0.932. The van der Waals surface area contributed by atoms with Crippen molar-refractivity contribution in [2.45, 2.75) is 27.2 Å². The number of pyridine rings is 1. The van der Waals surface area contributed by atoms with Gasteiger partial charge in [0.25, 0.3) is 0 Å². The number of ether oxygens (including phenoxy) is 1. The maximum absolute atomic E-state index is 11.1. The van der Waals surface area contributed by atoms with Crippen LogP contribution in [0.1, 0.15) is 37.6 Å². The lowest BCUT2D eigenvalue weighted by molar-refractivity contribution is 0.0699. The molecule has 0 amide bonds. The molecule has 20 heavy (non-hydrogen) atoms. The van der Waals surface area contributed by atoms with Crippen LogP contribution in [-0.2, 0) is 0 Å². The van der Waals surface area contributed by atoms with E-state index in [0.29, 0.717) is 23.4 Å². The molecule has 0 spiro atoms. The van der Waals surface area contributed by atoms with E-state index in [-0.39, 0.29) is 11.0 Å². The Morgan fingerprint density at radius 1 is 1.25 bits per heavy atom. The molecule has 0 aliphatic rings. The summed E-state index contributed by atoms with van der Waals surface area (Å²) in [6.45, 7) is 7.07. The molecule has 4 heteroatoms. The fourth-order valence-corrected chi connectivity index (χ4v) is 1.86. The van der Waals surface area contributed by atoms with Crippen LogP contribution < -0.4 is 4.74 Å². The third-order valence-electron chi connectivity index (χ3n) is 3.04. The Morgan fingerprint density at radius 3 is 2.65 bits per heavy atom. The van der Waals surface area contributed by atoms with Gasteiger partial charge in [0.05, 0.1) is 17.7 Å². The number of benzene rings is 1. The lowest BCUT2D eigenvalue weighted by atomic mass is 9.93. The van der Waals surface area contributed by atoms with E-state index in [0.717, 1.165) is 6.42 Å². The van der Waals surface area contributed by atoms with E-state index in [9.17, 15) is 4.79 Å². The summed E-state index contributed by atoms with van der Waals surface area (Å²) in [5, 5.41) is 9.75. The number of rotatable bonds is 4. The molecule has 0 saturated carbocycles. The maximum Gasteiger partial charge on any atom is 0.336 e. The maximum atomic E-state index is 11.1. The van der Waals surface area contributed by atoms with Crippen molar-refractivity contribution < 1.29 is 14.6 Å². The molecule has 0 aliphatic heterocycles. The molecule has 2 rings (SSSR count). The Balaban J connectivity index is 2.20. The van der Waals surface area contributed by atoms with Crippen LogP contribution in [0.4, 0.5) is 0 Å². The van der Waals surface area contributed by atoms with Gasteiger partial charge in [0.2, 0.25) is 5.88 Å². The van der Waals surface area contributed by atoms with Crippen molar-refractivity contribution in [2.24, 2.45) is 5.41 Å². The highest BCUT2D eigenvalue weighted by molar-refractivity contribution is 6.02. The van der Waals surface area contributed by atoms with Crippen LogP contribution in [0.3, 0.4) is 0 Å². The molecule has 106 valence electrons. The van der Waals surface area contributed by atoms with Gasteiger partial charge in [0.15, 0.2) is 0 Å². The summed E-state index contributed by atoms with van der Waals surface area (Å²) in [5.74, 6) is -0.414. The van der Waals surface area contributed by atoms with Gasteiger partial charge >= 0.3 is 5.97 Å². The quantitative estimate of drug-likeness (QED) is 0.921. The first-order chi connectivity index (χ1) is 9.37. The van der Waals surface area contributed by atoms with Gasteiger partial charge < -0.3 is 9.84 Å². The Morgan fingerprint density at radius 2 is 2.00 bits per heavy atom. The number of hydrogen-bond donors (Lipinski definition) is 1. The van der Waals surface area contributed by atoms with Crippen LogP contribution in [0.15, 0.2) is 30.3 Å². The van der Waals surface area contributed by atoms with E-state index in [4.69, 9.17) is 9.84 Å². The van der Waals surface area contributed by atoms with Crippen LogP contribution in [0, 0.1) is 5.41 Å². The van der Waals surface area contributed by atoms with Crippen LogP contribution >= 0.6 is 0 Å². The van der Waals surface area contributed by atoms with Crippen molar-refractivity contribution >= 4 is 16.9 Å². The van der Waals surface area contributed by atoms with Crippen molar-refractivity contribution in [3.8, 4) is 5.88 Å². The van der Waals surface area contributed by atoms with Crippen LogP contribution in [0.5, 0.6) is 5.88 Å². The summed E-state index contributed by atoms with van der Waals surface area (Å²) in [6, 6.07) is 8.53. The lowest BCUT2D eigenvalue weighted by Crippen LogP contribution is -2.11. The Hall–Kier alpha value is -2.10. The SMILES string of the molecule is CC(C)(C)CCOc1ccc2c(C(=O)O)cccc2n1. The average Bonchev–Trinajstić information content (AvgIpc) is 2.36. The van der Waals surface area contributed by atoms with Gasteiger partial charge in [-0.15, -0.1) is 0 Å². The van der Waals surface area contributed by atoms with Crippen LogP contribution in [0.2, 0.25) is 0 Å². The minimum absolute atomic E-state index is 0.216. The van der Waals surface area contributed by atoms with Crippen molar-refractivity contribution in [3.05, 3.63) is 35.9 Å². The van der Waals surface area contributed by atoms with Gasteiger partial charge in [-0.05, 0) is 30.0 Å². The second kappa shape index (κ2) is 5.49. The molecule has 1 aromatic heterocycles. The number of hydrogen-bond acceptors (Lipinski definition) is 3. The topological polar surface area (TPSA) is 59.4 Å². The van der Waals surface area contributed by atoms with Gasteiger partial charge in [0.1, 0.15) is 0 Å². The number of fused-ring (bicyclic) bond motifs is 1. The molecule has 0 unspecified atom stereocenters. The summed E-state index contributed by atoms with van der Waals surface area (Å²) < 4.78 is 5.63. The zero-order chi connectivity index (χ0) is 14.8. The normalized spacial score (nSPS) is 11.6. The predicted molar refractivity (Wildman–Crippen MR) is 78.3 cm³/mol. The van der Waals surface area contributed by atoms with Crippen molar-refractivity contribution in [1.29, 1.82) is 0 Å². The van der Waals surface area contributed by atoms with E-state index in [1.807, 2.05) is 0 Å². The molecule has 0 saturated heterocycles. The first kappa shape index (κ1) is 14.3. The van der Waals surface area contributed by atoms with E-state index in [1.54, 1.807) is 30.3 Å². The van der Waals surface area contributed by atoms with Gasteiger partial charge in [-0.2, -0.15) is 0 Å². The minimum atomic E-state index is -0.946. The smallest absolute Gasteiger partial charge is 0.336 e. The number of carboxylic acids is 1. The minimum Gasteiger partial charge on any atom is -0.478 e. The highest BCUT2D eigenvalue weighted by Gasteiger charge is 2.12. The summed E-state index contributed by atoms with van der Waals surface area (Å²) in [7, 11) is 0. The second-order valence-electron chi connectivity index (χ2n) is 5.99. The first-order valence-electron chi connectivity index (χ1n) is 6.63. The Labute approximate surface area is 118 Å². The number of aromatic nitrogens is 1. The van der Waals surface area contributed by atoms with Crippen molar-refractivity contribution in [2.75, 3.05) is 6.61 Å². The number of nitrogens with zero attached hydrogens (tertiary/aromatic N) is 1. The molecule has 0 fully saturated rings. The number of carbonyl (C=O) groups is 1. The average molecular weight is 273 g/mol. The molecule has 0 atom stereocenters. The van der Waals surface area contributed by atoms with E-state index in [2.05, 4.69) is 25.8 Å². The van der Waals surface area contributed by atoms with Gasteiger partial charge in [0, 0.05) is 11.5 Å². The monoisotopic (exact) mass is 273 g/mol. The van der Waals surface area contributed by atoms with E-state index in [1.165, 1.54) is 0 Å². The fourth-order valence-electron chi connectivity index (χ4n) is 1.86. The highest BCUT2D eigenvalue weighted by Crippen LogP contribution is 2.22. The van der Waals surface area contributed by atoms with Crippen LogP contribution in [0.25, 0.3) is 10.9 Å². The van der Waals surface area contributed by atoms with Gasteiger partial charge in [-0.3, -0.25) is 0 Å². The molecule has 1 aromatic carbocycles. The summed E-state index contributed by atoms with van der Waals surface area (Å²) in [4.78, 5) is 15.5. The Bertz CT molecular complexity index is 629. The summed E-state index contributed by atoms with van der Waals surface area (Å²) in [5.41, 5.74) is 1.11. The largest absolute Gasteiger partial charge is 0.478 e. The molecule has 0 aliphatic carbocycles. The standard InChI is InChI=1S/C16H19NO3/c1-16(2,3)9-10-20-14-8-7-11-12(15(18)19)5-4-6-13(11)17-14/h4-8H,9-10H2,1-3H3,(H,18,19).